The van der Waals surface area contributed by atoms with Crippen molar-refractivity contribution in [3.63, 3.8) is 0 Å². The van der Waals surface area contributed by atoms with Gasteiger partial charge in [0.25, 0.3) is 0 Å². The largest absolute Gasteiger partial charge is 0.486 e. The monoisotopic (exact) mass is 357 g/mol. The number of ether oxygens (including phenoxy) is 3. The fourth-order valence-electron chi connectivity index (χ4n) is 1.82. The van der Waals surface area contributed by atoms with Crippen LogP contribution in [0.5, 0.6) is 11.5 Å². The number of esters is 1. The molecule has 0 aromatic heterocycles. The molecule has 0 bridgehead atoms. The van der Waals surface area contributed by atoms with Gasteiger partial charge in [-0.1, -0.05) is 0 Å². The highest BCUT2D eigenvalue weighted by atomic mass is 79.9. The third-order valence-electron chi connectivity index (χ3n) is 2.77. The van der Waals surface area contributed by atoms with E-state index in [1.54, 1.807) is 19.1 Å². The highest BCUT2D eigenvalue weighted by molar-refractivity contribution is 9.10. The van der Waals surface area contributed by atoms with E-state index in [1.165, 1.54) is 0 Å². The lowest BCUT2D eigenvalue weighted by atomic mass is 10.2. The fraction of sp³-hybridized carbons (Fsp3) is 0.429. The van der Waals surface area contributed by atoms with E-state index in [4.69, 9.17) is 14.2 Å². The summed E-state index contributed by atoms with van der Waals surface area (Å²) in [5, 5.41) is 2.73. The lowest BCUT2D eigenvalue weighted by Crippen LogP contribution is -2.17. The molecule has 1 N–H and O–H groups in total. The molecule has 1 aliphatic heterocycles. The summed E-state index contributed by atoms with van der Waals surface area (Å²) in [4.78, 5) is 23.0. The molecule has 0 saturated heterocycles. The van der Waals surface area contributed by atoms with Gasteiger partial charge in [-0.15, -0.1) is 0 Å². The summed E-state index contributed by atoms with van der Waals surface area (Å²) in [6.45, 7) is 3.02. The number of halogens is 1. The van der Waals surface area contributed by atoms with Gasteiger partial charge in [0, 0.05) is 23.0 Å². The lowest BCUT2D eigenvalue weighted by molar-refractivity contribution is -0.144. The molecule has 0 radical (unpaired) electrons. The minimum absolute atomic E-state index is 0.0574. The van der Waals surface area contributed by atoms with E-state index < -0.39 is 0 Å². The SMILES string of the molecule is CCOC(=O)CCC(=O)Nc1cc2c(cc1Br)OCCO2. The molecule has 0 aliphatic carbocycles. The van der Waals surface area contributed by atoms with Crippen molar-refractivity contribution in [1.29, 1.82) is 0 Å². The van der Waals surface area contributed by atoms with Gasteiger partial charge in [-0.25, -0.2) is 0 Å². The molecule has 0 fully saturated rings. The molecule has 114 valence electrons. The smallest absolute Gasteiger partial charge is 0.306 e. The van der Waals surface area contributed by atoms with Crippen LogP contribution in [0, 0.1) is 0 Å². The first-order valence-electron chi connectivity index (χ1n) is 6.64. The molecule has 1 aromatic rings. The summed E-state index contributed by atoms with van der Waals surface area (Å²) in [5.41, 5.74) is 0.577. The van der Waals surface area contributed by atoms with E-state index in [1.807, 2.05) is 0 Å². The van der Waals surface area contributed by atoms with Gasteiger partial charge in [0.1, 0.15) is 13.2 Å². The number of rotatable bonds is 5. The molecule has 0 saturated carbocycles. The van der Waals surface area contributed by atoms with Gasteiger partial charge in [0.05, 0.1) is 18.7 Å². The third kappa shape index (κ3) is 4.35. The van der Waals surface area contributed by atoms with Crippen molar-refractivity contribution in [3.05, 3.63) is 16.6 Å². The molecular weight excluding hydrogens is 342 g/mol. The summed E-state index contributed by atoms with van der Waals surface area (Å²) >= 11 is 3.37. The molecule has 6 nitrogen and oxygen atoms in total. The highest BCUT2D eigenvalue weighted by Crippen LogP contribution is 2.38. The van der Waals surface area contributed by atoms with Crippen LogP contribution in [0.15, 0.2) is 16.6 Å². The van der Waals surface area contributed by atoms with Crippen LogP contribution < -0.4 is 14.8 Å². The Morgan fingerprint density at radius 3 is 2.57 bits per heavy atom. The van der Waals surface area contributed by atoms with Crippen LogP contribution in [0.3, 0.4) is 0 Å². The van der Waals surface area contributed by atoms with Gasteiger partial charge >= 0.3 is 5.97 Å². The van der Waals surface area contributed by atoms with Gasteiger partial charge in [-0.2, -0.15) is 0 Å². The van der Waals surface area contributed by atoms with Crippen molar-refractivity contribution < 1.29 is 23.8 Å². The summed E-state index contributed by atoms with van der Waals surface area (Å²) in [6.07, 6.45) is 0.127. The zero-order valence-corrected chi connectivity index (χ0v) is 13.2. The summed E-state index contributed by atoms with van der Waals surface area (Å²) in [6, 6.07) is 3.44. The zero-order chi connectivity index (χ0) is 15.2. The molecule has 1 amide bonds. The van der Waals surface area contributed by atoms with Crippen molar-refractivity contribution in [3.8, 4) is 11.5 Å². The van der Waals surface area contributed by atoms with E-state index in [0.29, 0.717) is 41.5 Å². The topological polar surface area (TPSA) is 73.9 Å². The van der Waals surface area contributed by atoms with Crippen LogP contribution in [0.2, 0.25) is 0 Å². The van der Waals surface area contributed by atoms with E-state index in [2.05, 4.69) is 21.2 Å². The van der Waals surface area contributed by atoms with Gasteiger partial charge < -0.3 is 19.5 Å². The van der Waals surface area contributed by atoms with Crippen LogP contribution in [-0.4, -0.2) is 31.7 Å². The average Bonchev–Trinajstić information content (AvgIpc) is 2.46. The van der Waals surface area contributed by atoms with Crippen molar-refractivity contribution in [2.45, 2.75) is 19.8 Å². The minimum atomic E-state index is -0.381. The Bertz CT molecular complexity index is 546. The molecule has 0 unspecified atom stereocenters. The van der Waals surface area contributed by atoms with E-state index >= 15 is 0 Å². The summed E-state index contributed by atoms with van der Waals surface area (Å²) in [7, 11) is 0. The Labute approximate surface area is 130 Å². The number of hydrogen-bond acceptors (Lipinski definition) is 5. The minimum Gasteiger partial charge on any atom is -0.486 e. The van der Waals surface area contributed by atoms with E-state index in [9.17, 15) is 9.59 Å². The van der Waals surface area contributed by atoms with E-state index in [-0.39, 0.29) is 24.7 Å². The Kier molecular flexibility index (Phi) is 5.44. The molecule has 0 atom stereocenters. The van der Waals surface area contributed by atoms with Gasteiger partial charge in [-0.3, -0.25) is 9.59 Å². The predicted molar refractivity (Wildman–Crippen MR) is 79.6 cm³/mol. The first-order valence-corrected chi connectivity index (χ1v) is 7.44. The Hall–Kier alpha value is -1.76. The molecule has 21 heavy (non-hydrogen) atoms. The maximum Gasteiger partial charge on any atom is 0.306 e. The van der Waals surface area contributed by atoms with Crippen molar-refractivity contribution in [2.24, 2.45) is 0 Å². The molecule has 2 rings (SSSR count). The molecule has 1 aromatic carbocycles. The number of fused-ring (bicyclic) bond motifs is 1. The number of anilines is 1. The number of hydrogen-bond donors (Lipinski definition) is 1. The maximum absolute atomic E-state index is 11.8. The Morgan fingerprint density at radius 1 is 1.24 bits per heavy atom. The first-order chi connectivity index (χ1) is 10.1. The number of carbonyl (C=O) groups excluding carboxylic acids is 2. The highest BCUT2D eigenvalue weighted by Gasteiger charge is 2.16. The average molecular weight is 358 g/mol. The maximum atomic E-state index is 11.8. The second-order valence-electron chi connectivity index (χ2n) is 4.33. The van der Waals surface area contributed by atoms with Crippen LogP contribution in [-0.2, 0) is 14.3 Å². The van der Waals surface area contributed by atoms with Crippen molar-refractivity contribution in [1.82, 2.24) is 0 Å². The Morgan fingerprint density at radius 2 is 1.90 bits per heavy atom. The number of benzene rings is 1. The number of nitrogens with one attached hydrogen (secondary N) is 1. The van der Waals surface area contributed by atoms with Gasteiger partial charge in [-0.05, 0) is 22.9 Å². The summed E-state index contributed by atoms with van der Waals surface area (Å²) < 4.78 is 16.4. The van der Waals surface area contributed by atoms with Crippen LogP contribution in [0.25, 0.3) is 0 Å². The number of amides is 1. The zero-order valence-electron chi connectivity index (χ0n) is 11.6. The van der Waals surface area contributed by atoms with Gasteiger partial charge in [0.2, 0.25) is 5.91 Å². The van der Waals surface area contributed by atoms with Crippen LogP contribution in [0.4, 0.5) is 5.69 Å². The molecule has 7 heteroatoms. The number of carbonyl (C=O) groups is 2. The second-order valence-corrected chi connectivity index (χ2v) is 5.18. The second kappa shape index (κ2) is 7.31. The summed E-state index contributed by atoms with van der Waals surface area (Å²) in [5.74, 6) is 0.581. The molecule has 0 spiro atoms. The molecule has 1 aliphatic rings. The molecule has 1 heterocycles. The van der Waals surface area contributed by atoms with Crippen LogP contribution in [0.1, 0.15) is 19.8 Å². The lowest BCUT2D eigenvalue weighted by Gasteiger charge is -2.20. The van der Waals surface area contributed by atoms with Crippen molar-refractivity contribution >= 4 is 33.5 Å². The predicted octanol–water partition coefficient (Wildman–Crippen LogP) is 2.50. The third-order valence-corrected chi connectivity index (χ3v) is 3.42. The standard InChI is InChI=1S/C14H16BrNO5/c1-2-19-14(18)4-3-13(17)16-10-8-12-11(7-9(10)15)20-5-6-21-12/h7-8H,2-6H2,1H3,(H,16,17). The molecular formula is C14H16BrNO5. The van der Waals surface area contributed by atoms with Gasteiger partial charge in [0.15, 0.2) is 11.5 Å². The normalized spacial score (nSPS) is 12.7. The van der Waals surface area contributed by atoms with Crippen LogP contribution >= 0.6 is 15.9 Å². The van der Waals surface area contributed by atoms with Crippen molar-refractivity contribution in [2.75, 3.05) is 25.1 Å². The first kappa shape index (κ1) is 15.6. The fourth-order valence-corrected chi connectivity index (χ4v) is 2.24. The quantitative estimate of drug-likeness (QED) is 0.819. The van der Waals surface area contributed by atoms with E-state index in [0.717, 1.165) is 0 Å². The Balaban J connectivity index is 1.96.